The van der Waals surface area contributed by atoms with E-state index in [0.717, 1.165) is 6.07 Å². The molecule has 0 heterocycles. The number of non-ortho nitro benzene ring substituents is 1. The lowest BCUT2D eigenvalue weighted by atomic mass is 10.2. The molecule has 0 aromatic heterocycles. The molecule has 0 saturated carbocycles. The molecule has 18 heavy (non-hydrogen) atoms. The van der Waals surface area contributed by atoms with E-state index in [4.69, 9.17) is 16.3 Å². The van der Waals surface area contributed by atoms with Crippen LogP contribution in [0.3, 0.4) is 0 Å². The summed E-state index contributed by atoms with van der Waals surface area (Å²) < 4.78 is 5.22. The van der Waals surface area contributed by atoms with Crippen LogP contribution in [0, 0.1) is 10.1 Å². The lowest BCUT2D eigenvalue weighted by molar-refractivity contribution is -0.385. The van der Waals surface area contributed by atoms with E-state index in [1.807, 2.05) is 0 Å². The van der Waals surface area contributed by atoms with Gasteiger partial charge in [0.1, 0.15) is 12.0 Å². The first-order chi connectivity index (χ1) is 8.52. The van der Waals surface area contributed by atoms with Gasteiger partial charge in [-0.25, -0.2) is 0 Å². The number of nitrogens with zero attached hydrogens (tertiary/aromatic N) is 1. The molecule has 0 aliphatic carbocycles. The summed E-state index contributed by atoms with van der Waals surface area (Å²) in [6, 6.07) is 3.76. The predicted octanol–water partition coefficient (Wildman–Crippen LogP) is 2.33. The van der Waals surface area contributed by atoms with Gasteiger partial charge in [-0.2, -0.15) is 0 Å². The zero-order chi connectivity index (χ0) is 13.5. The monoisotopic (exact) mass is 271 g/mol. The standard InChI is InChI=1S/C11H10ClNO5/c12-11(15)2-1-3-18-10-5-8(7-14)4-9(6-10)13(16)17/h4-7H,1-3H2. The van der Waals surface area contributed by atoms with Crippen LogP contribution in [0.1, 0.15) is 23.2 Å². The van der Waals surface area contributed by atoms with Crippen LogP contribution in [0.2, 0.25) is 0 Å². The zero-order valence-corrected chi connectivity index (χ0v) is 10.1. The number of nitro benzene ring substituents is 1. The van der Waals surface area contributed by atoms with Gasteiger partial charge >= 0.3 is 0 Å². The Hall–Kier alpha value is -1.95. The Balaban J connectivity index is 2.69. The SMILES string of the molecule is O=Cc1cc(OCCCC(=O)Cl)cc([N+](=O)[O-])c1. The summed E-state index contributed by atoms with van der Waals surface area (Å²) in [4.78, 5) is 31.1. The minimum absolute atomic E-state index is 0.160. The Morgan fingerprint density at radius 2 is 2.17 bits per heavy atom. The summed E-state index contributed by atoms with van der Waals surface area (Å²) in [5.74, 6) is 0.216. The number of rotatable bonds is 7. The summed E-state index contributed by atoms with van der Waals surface area (Å²) in [6.07, 6.45) is 1.07. The third-order valence-electron chi connectivity index (χ3n) is 2.05. The lowest BCUT2D eigenvalue weighted by Crippen LogP contribution is -2.01. The molecule has 0 bridgehead atoms. The number of carbonyl (C=O) groups excluding carboxylic acids is 2. The molecule has 0 saturated heterocycles. The van der Waals surface area contributed by atoms with Gasteiger partial charge in [0.25, 0.3) is 5.69 Å². The maximum absolute atomic E-state index is 10.6. The van der Waals surface area contributed by atoms with Gasteiger partial charge in [0.2, 0.25) is 5.24 Å². The Labute approximate surface area is 108 Å². The van der Waals surface area contributed by atoms with Crippen LogP contribution in [0.25, 0.3) is 0 Å². The molecular formula is C11H10ClNO5. The van der Waals surface area contributed by atoms with Crippen molar-refractivity contribution in [1.29, 1.82) is 0 Å². The predicted molar refractivity (Wildman–Crippen MR) is 64.1 cm³/mol. The molecule has 0 amide bonds. The minimum atomic E-state index is -0.609. The minimum Gasteiger partial charge on any atom is -0.493 e. The van der Waals surface area contributed by atoms with Gasteiger partial charge in [-0.15, -0.1) is 0 Å². The first kappa shape index (κ1) is 14.1. The highest BCUT2D eigenvalue weighted by Gasteiger charge is 2.10. The number of hydrogen-bond donors (Lipinski definition) is 0. The second-order valence-corrected chi connectivity index (χ2v) is 3.86. The number of ether oxygens (including phenoxy) is 1. The number of benzene rings is 1. The highest BCUT2D eigenvalue weighted by atomic mass is 35.5. The second-order valence-electron chi connectivity index (χ2n) is 3.44. The van der Waals surface area contributed by atoms with Gasteiger partial charge in [0.15, 0.2) is 0 Å². The van der Waals surface area contributed by atoms with E-state index in [-0.39, 0.29) is 30.0 Å². The summed E-state index contributed by atoms with van der Waals surface area (Å²) in [7, 11) is 0. The van der Waals surface area contributed by atoms with E-state index >= 15 is 0 Å². The summed E-state index contributed by atoms with van der Waals surface area (Å²) in [6.45, 7) is 0.192. The number of nitro groups is 1. The third kappa shape index (κ3) is 4.50. The van der Waals surface area contributed by atoms with E-state index in [1.54, 1.807) is 0 Å². The fourth-order valence-corrected chi connectivity index (χ4v) is 1.40. The Kier molecular flexibility index (Phi) is 5.26. The van der Waals surface area contributed by atoms with E-state index < -0.39 is 10.2 Å². The molecule has 7 heteroatoms. The molecule has 0 aliphatic heterocycles. The van der Waals surface area contributed by atoms with E-state index in [0.29, 0.717) is 12.7 Å². The Bertz CT molecular complexity index is 475. The quantitative estimate of drug-likeness (QED) is 0.250. The average Bonchev–Trinajstić information content (AvgIpc) is 2.34. The van der Waals surface area contributed by atoms with Crippen LogP contribution in [-0.2, 0) is 4.79 Å². The molecule has 0 N–H and O–H groups in total. The fraction of sp³-hybridized carbons (Fsp3) is 0.273. The highest BCUT2D eigenvalue weighted by molar-refractivity contribution is 6.63. The van der Waals surface area contributed by atoms with Crippen LogP contribution >= 0.6 is 11.6 Å². The van der Waals surface area contributed by atoms with Crippen molar-refractivity contribution in [2.24, 2.45) is 0 Å². The lowest BCUT2D eigenvalue weighted by Gasteiger charge is -2.05. The van der Waals surface area contributed by atoms with Crippen molar-refractivity contribution in [1.82, 2.24) is 0 Å². The second kappa shape index (κ2) is 6.70. The van der Waals surface area contributed by atoms with Crippen LogP contribution in [-0.4, -0.2) is 23.1 Å². The first-order valence-electron chi connectivity index (χ1n) is 5.08. The van der Waals surface area contributed by atoms with Gasteiger partial charge in [0.05, 0.1) is 17.6 Å². The summed E-state index contributed by atoms with van der Waals surface area (Å²) in [5, 5.41) is 10.1. The maximum Gasteiger partial charge on any atom is 0.273 e. The van der Waals surface area contributed by atoms with Crippen molar-refractivity contribution in [3.8, 4) is 5.75 Å². The van der Waals surface area contributed by atoms with E-state index in [1.165, 1.54) is 12.1 Å². The Morgan fingerprint density at radius 3 is 2.72 bits per heavy atom. The summed E-state index contributed by atoms with van der Waals surface area (Å²) in [5.41, 5.74) is -0.0596. The summed E-state index contributed by atoms with van der Waals surface area (Å²) >= 11 is 5.14. The van der Waals surface area contributed by atoms with Gasteiger partial charge in [-0.1, -0.05) is 0 Å². The molecule has 0 fully saturated rings. The van der Waals surface area contributed by atoms with Gasteiger partial charge in [-0.3, -0.25) is 19.7 Å². The van der Waals surface area contributed by atoms with Crippen molar-refractivity contribution in [3.05, 3.63) is 33.9 Å². The van der Waals surface area contributed by atoms with Crippen LogP contribution in [0.5, 0.6) is 5.75 Å². The third-order valence-corrected chi connectivity index (χ3v) is 2.24. The van der Waals surface area contributed by atoms with Gasteiger partial charge in [0, 0.05) is 18.1 Å². The molecule has 0 unspecified atom stereocenters. The van der Waals surface area contributed by atoms with Crippen molar-refractivity contribution >= 4 is 28.8 Å². The molecule has 0 spiro atoms. The smallest absolute Gasteiger partial charge is 0.273 e. The molecule has 0 atom stereocenters. The van der Waals surface area contributed by atoms with Crippen molar-refractivity contribution in [2.45, 2.75) is 12.8 Å². The van der Waals surface area contributed by atoms with E-state index in [2.05, 4.69) is 0 Å². The average molecular weight is 272 g/mol. The number of carbonyl (C=O) groups is 2. The molecule has 1 aromatic carbocycles. The normalized spacial score (nSPS) is 9.83. The fourth-order valence-electron chi connectivity index (χ4n) is 1.26. The Morgan fingerprint density at radius 1 is 1.44 bits per heavy atom. The molecule has 1 aromatic rings. The number of aldehydes is 1. The molecular weight excluding hydrogens is 262 g/mol. The highest BCUT2D eigenvalue weighted by Crippen LogP contribution is 2.22. The van der Waals surface area contributed by atoms with Gasteiger partial charge < -0.3 is 4.74 Å². The number of hydrogen-bond acceptors (Lipinski definition) is 5. The van der Waals surface area contributed by atoms with Crippen molar-refractivity contribution in [3.63, 3.8) is 0 Å². The molecule has 0 radical (unpaired) electrons. The zero-order valence-electron chi connectivity index (χ0n) is 9.30. The van der Waals surface area contributed by atoms with Crippen LogP contribution in [0.4, 0.5) is 5.69 Å². The van der Waals surface area contributed by atoms with E-state index in [9.17, 15) is 19.7 Å². The largest absolute Gasteiger partial charge is 0.493 e. The van der Waals surface area contributed by atoms with Crippen molar-refractivity contribution in [2.75, 3.05) is 6.61 Å². The number of halogens is 1. The van der Waals surface area contributed by atoms with Crippen LogP contribution in [0.15, 0.2) is 18.2 Å². The topological polar surface area (TPSA) is 86.5 Å². The van der Waals surface area contributed by atoms with Crippen LogP contribution < -0.4 is 4.74 Å². The van der Waals surface area contributed by atoms with Gasteiger partial charge in [-0.05, 0) is 24.1 Å². The molecule has 0 aliphatic rings. The van der Waals surface area contributed by atoms with Crippen molar-refractivity contribution < 1.29 is 19.2 Å². The molecule has 96 valence electrons. The molecule has 6 nitrogen and oxygen atoms in total. The maximum atomic E-state index is 10.6. The first-order valence-corrected chi connectivity index (χ1v) is 5.46. The molecule has 1 rings (SSSR count).